The Kier molecular flexibility index (Phi) is 5.41. The smallest absolute Gasteiger partial charge is 0.153 e. The van der Waals surface area contributed by atoms with Gasteiger partial charge < -0.3 is 14.7 Å². The van der Waals surface area contributed by atoms with Crippen LogP contribution in [0.2, 0.25) is 0 Å². The summed E-state index contributed by atoms with van der Waals surface area (Å²) < 4.78 is 33.2. The molecule has 0 atom stereocenters. The van der Waals surface area contributed by atoms with E-state index < -0.39 is 5.60 Å². The van der Waals surface area contributed by atoms with Gasteiger partial charge in [0, 0.05) is 31.0 Å². The van der Waals surface area contributed by atoms with Crippen molar-refractivity contribution in [2.24, 2.45) is 0 Å². The number of fused-ring (bicyclic) bond motifs is 1. The molecular weight excluding hydrogens is 410 g/mol. The van der Waals surface area contributed by atoms with E-state index in [1.165, 1.54) is 24.3 Å². The van der Waals surface area contributed by atoms with Gasteiger partial charge in [0.2, 0.25) is 0 Å². The van der Waals surface area contributed by atoms with Crippen LogP contribution in [-0.4, -0.2) is 29.6 Å². The summed E-state index contributed by atoms with van der Waals surface area (Å²) >= 11 is 0. The highest BCUT2D eigenvalue weighted by Crippen LogP contribution is 2.40. The van der Waals surface area contributed by atoms with Crippen LogP contribution in [0.25, 0.3) is 0 Å². The molecule has 4 nitrogen and oxygen atoms in total. The van der Waals surface area contributed by atoms with E-state index in [1.807, 2.05) is 41.4 Å². The molecule has 0 saturated carbocycles. The zero-order chi connectivity index (χ0) is 22.1. The fourth-order valence-electron chi connectivity index (χ4n) is 4.38. The molecule has 2 heterocycles. The van der Waals surface area contributed by atoms with Crippen molar-refractivity contribution in [1.29, 1.82) is 0 Å². The maximum Gasteiger partial charge on any atom is 0.153 e. The minimum absolute atomic E-state index is 0.309. The van der Waals surface area contributed by atoms with Crippen LogP contribution in [0.1, 0.15) is 18.4 Å². The number of hydrogen-bond acceptors (Lipinski definition) is 4. The topological polar surface area (TPSA) is 35.9 Å². The van der Waals surface area contributed by atoms with Gasteiger partial charge in [-0.2, -0.15) is 0 Å². The Balaban J connectivity index is 1.33. The van der Waals surface area contributed by atoms with Crippen molar-refractivity contribution in [1.82, 2.24) is 4.90 Å². The lowest BCUT2D eigenvalue weighted by atomic mass is 9.84. The lowest BCUT2D eigenvalue weighted by Crippen LogP contribution is -2.43. The first-order valence-electron chi connectivity index (χ1n) is 10.7. The third-order valence-electron chi connectivity index (χ3n) is 6.17. The Labute approximate surface area is 186 Å². The first kappa shape index (κ1) is 20.7. The van der Waals surface area contributed by atoms with Gasteiger partial charge >= 0.3 is 0 Å². The normalized spacial score (nSPS) is 18.0. The van der Waals surface area contributed by atoms with E-state index in [-0.39, 0.29) is 11.6 Å². The molecule has 32 heavy (non-hydrogen) atoms. The monoisotopic (exact) mass is 434 g/mol. The summed E-state index contributed by atoms with van der Waals surface area (Å²) in [4.78, 5) is 4.21. The molecule has 2 aliphatic rings. The molecule has 3 aromatic rings. The van der Waals surface area contributed by atoms with Crippen LogP contribution in [0.4, 0.5) is 20.2 Å². The van der Waals surface area contributed by atoms with Gasteiger partial charge in [-0.3, -0.25) is 4.90 Å². The van der Waals surface area contributed by atoms with Gasteiger partial charge in [-0.1, -0.05) is 30.3 Å². The molecule has 0 unspecified atom stereocenters. The van der Waals surface area contributed by atoms with E-state index >= 15 is 0 Å². The zero-order valence-corrected chi connectivity index (χ0v) is 17.5. The van der Waals surface area contributed by atoms with Gasteiger partial charge in [0.1, 0.15) is 17.4 Å². The van der Waals surface area contributed by atoms with Crippen molar-refractivity contribution in [3.05, 3.63) is 102 Å². The first-order chi connectivity index (χ1) is 15.5. The maximum atomic E-state index is 13.9. The third-order valence-corrected chi connectivity index (χ3v) is 6.17. The second-order valence-corrected chi connectivity index (χ2v) is 8.33. The van der Waals surface area contributed by atoms with Gasteiger partial charge in [-0.25, -0.2) is 8.78 Å². The van der Waals surface area contributed by atoms with Crippen LogP contribution >= 0.6 is 0 Å². The number of piperidine rings is 1. The van der Waals surface area contributed by atoms with Crippen LogP contribution in [0.15, 0.2) is 84.8 Å². The van der Waals surface area contributed by atoms with Crippen molar-refractivity contribution in [3.8, 4) is 5.75 Å². The lowest BCUT2D eigenvalue weighted by molar-refractivity contribution is -0.0254. The number of para-hydroxylation sites is 1. The molecule has 6 heteroatoms. The van der Waals surface area contributed by atoms with Crippen LogP contribution in [-0.2, 0) is 5.60 Å². The molecule has 1 N–H and O–H groups in total. The summed E-state index contributed by atoms with van der Waals surface area (Å²) in [5.74, 6) is 0.529. The van der Waals surface area contributed by atoms with E-state index in [1.54, 1.807) is 18.2 Å². The van der Waals surface area contributed by atoms with E-state index in [0.29, 0.717) is 44.0 Å². The predicted octanol–water partition coefficient (Wildman–Crippen LogP) is 5.32. The Morgan fingerprint density at radius 3 is 2.28 bits per heavy atom. The largest absolute Gasteiger partial charge is 0.456 e. The summed E-state index contributed by atoms with van der Waals surface area (Å²) in [7, 11) is 0. The van der Waals surface area contributed by atoms with Crippen LogP contribution in [0, 0.1) is 11.6 Å². The quantitative estimate of drug-likeness (QED) is 0.603. The second kappa shape index (κ2) is 8.37. The number of likely N-dealkylation sites (tertiary alicyclic amines) is 1. The van der Waals surface area contributed by atoms with Crippen LogP contribution < -0.4 is 9.64 Å². The van der Waals surface area contributed by atoms with Gasteiger partial charge in [-0.05, 0) is 54.8 Å². The Hall–Kier alpha value is -3.22. The highest BCUT2D eigenvalue weighted by atomic mass is 19.1. The number of halogens is 2. The number of benzene rings is 3. The average molecular weight is 434 g/mol. The highest BCUT2D eigenvalue weighted by Gasteiger charge is 2.34. The Morgan fingerprint density at radius 1 is 0.875 bits per heavy atom. The Bertz CT molecular complexity index is 1120. The molecule has 5 rings (SSSR count). The fraction of sp³-hybridized carbons (Fsp3) is 0.231. The molecule has 0 radical (unpaired) electrons. The van der Waals surface area contributed by atoms with E-state index in [2.05, 4.69) is 4.90 Å². The number of hydrogen-bond donors (Lipinski definition) is 1. The Morgan fingerprint density at radius 2 is 1.56 bits per heavy atom. The minimum Gasteiger partial charge on any atom is -0.456 e. The first-order valence-corrected chi connectivity index (χ1v) is 10.7. The van der Waals surface area contributed by atoms with Crippen LogP contribution in [0.5, 0.6) is 5.75 Å². The number of ether oxygens (including phenoxy) is 1. The molecule has 0 aliphatic carbocycles. The molecular formula is C26H24F2N2O2. The van der Waals surface area contributed by atoms with Gasteiger partial charge in [0.05, 0.1) is 17.8 Å². The number of rotatable bonds is 4. The molecule has 3 aromatic carbocycles. The summed E-state index contributed by atoms with van der Waals surface area (Å²) in [5, 5.41) is 11.1. The number of aliphatic hydroxyl groups is 1. The lowest BCUT2D eigenvalue weighted by Gasteiger charge is -2.39. The van der Waals surface area contributed by atoms with Crippen molar-refractivity contribution < 1.29 is 18.6 Å². The summed E-state index contributed by atoms with van der Waals surface area (Å²) in [6, 6.07) is 20.5. The van der Waals surface area contributed by atoms with Gasteiger partial charge in [0.15, 0.2) is 5.75 Å². The van der Waals surface area contributed by atoms with E-state index in [9.17, 15) is 13.9 Å². The van der Waals surface area contributed by atoms with Crippen molar-refractivity contribution in [3.63, 3.8) is 0 Å². The third kappa shape index (κ3) is 4.11. The molecule has 1 saturated heterocycles. The summed E-state index contributed by atoms with van der Waals surface area (Å²) in [5.41, 5.74) is 1.53. The summed E-state index contributed by atoms with van der Waals surface area (Å²) in [6.45, 7) is 1.87. The SMILES string of the molecule is OC1(c2ccc(F)cc2)CCN(CC2=CN(c3ccccc3)c3ccc(F)cc3O2)CC1. The van der Waals surface area contributed by atoms with Crippen LogP contribution in [0.3, 0.4) is 0 Å². The molecule has 0 amide bonds. The molecule has 2 aliphatic heterocycles. The maximum absolute atomic E-state index is 13.9. The van der Waals surface area contributed by atoms with Gasteiger partial charge in [0.25, 0.3) is 0 Å². The van der Waals surface area contributed by atoms with Crippen molar-refractivity contribution in [2.45, 2.75) is 18.4 Å². The molecule has 1 fully saturated rings. The fourth-order valence-corrected chi connectivity index (χ4v) is 4.38. The van der Waals surface area contributed by atoms with E-state index in [0.717, 1.165) is 16.9 Å². The molecule has 164 valence electrons. The average Bonchev–Trinajstić information content (AvgIpc) is 2.81. The minimum atomic E-state index is -0.961. The molecule has 0 bridgehead atoms. The number of anilines is 2. The summed E-state index contributed by atoms with van der Waals surface area (Å²) in [6.07, 6.45) is 3.02. The van der Waals surface area contributed by atoms with Gasteiger partial charge in [-0.15, -0.1) is 0 Å². The number of nitrogens with zero attached hydrogens (tertiary/aromatic N) is 2. The highest BCUT2D eigenvalue weighted by molar-refractivity contribution is 5.73. The zero-order valence-electron chi connectivity index (χ0n) is 17.5. The van der Waals surface area contributed by atoms with Crippen molar-refractivity contribution in [2.75, 3.05) is 24.5 Å². The predicted molar refractivity (Wildman–Crippen MR) is 120 cm³/mol. The molecule has 0 spiro atoms. The standard InChI is InChI=1S/C26H24F2N2O2/c27-20-8-6-19(7-9-20)26(31)12-14-29(15-13-26)17-23-18-30(22-4-2-1-3-5-22)24-11-10-21(28)16-25(24)32-23/h1-11,16,18,31H,12-15,17H2. The second-order valence-electron chi connectivity index (χ2n) is 8.33. The van der Waals surface area contributed by atoms with E-state index in [4.69, 9.17) is 4.74 Å². The molecule has 0 aromatic heterocycles. The van der Waals surface area contributed by atoms with Crippen molar-refractivity contribution >= 4 is 11.4 Å².